The van der Waals surface area contributed by atoms with E-state index < -0.39 is 0 Å². The van der Waals surface area contributed by atoms with Gasteiger partial charge in [-0.3, -0.25) is 0 Å². The Kier molecular flexibility index (Phi) is 3.60. The Morgan fingerprint density at radius 1 is 1.50 bits per heavy atom. The van der Waals surface area contributed by atoms with Gasteiger partial charge in [0.25, 0.3) is 0 Å². The Hall–Kier alpha value is -0.880. The number of nitrogens with zero attached hydrogens (tertiary/aromatic N) is 2. The second-order valence-corrected chi connectivity index (χ2v) is 4.62. The van der Waals surface area contributed by atoms with Crippen LogP contribution in [0.3, 0.4) is 0 Å². The number of aromatic nitrogens is 2. The predicted octanol–water partition coefficient (Wildman–Crippen LogP) is 1.51. The summed E-state index contributed by atoms with van der Waals surface area (Å²) in [5, 5.41) is 0. The maximum atomic E-state index is 5.91. The number of ether oxygens (including phenoxy) is 2. The highest BCUT2D eigenvalue weighted by Crippen LogP contribution is 2.25. The Balaban J connectivity index is 2.09. The summed E-state index contributed by atoms with van der Waals surface area (Å²) in [5.41, 5.74) is 5.91. The molecule has 0 aromatic carbocycles. The first-order valence-electron chi connectivity index (χ1n) is 5.19. The summed E-state index contributed by atoms with van der Waals surface area (Å²) >= 11 is 3.28. The van der Waals surface area contributed by atoms with Crippen molar-refractivity contribution in [2.24, 2.45) is 5.73 Å². The third-order valence-corrected chi connectivity index (χ3v) is 3.19. The fourth-order valence-electron chi connectivity index (χ4n) is 1.77. The van der Waals surface area contributed by atoms with E-state index in [0.717, 1.165) is 19.3 Å². The standard InChI is InChI=1S/C10H14BrN3O2/c1-15-9-6(11)5-13-10(14-9)16-8-4-2-3-7(8)12/h5,7-8H,2-4,12H2,1H3. The number of nitrogens with two attached hydrogens (primary N) is 1. The average Bonchev–Trinajstić information content (AvgIpc) is 2.67. The van der Waals surface area contributed by atoms with Gasteiger partial charge in [0.15, 0.2) is 0 Å². The number of methoxy groups -OCH3 is 1. The summed E-state index contributed by atoms with van der Waals surface area (Å²) in [6.07, 6.45) is 4.69. The fraction of sp³-hybridized carbons (Fsp3) is 0.600. The maximum Gasteiger partial charge on any atom is 0.320 e. The molecule has 1 aliphatic rings. The molecule has 1 fully saturated rings. The van der Waals surface area contributed by atoms with Crippen molar-refractivity contribution in [1.29, 1.82) is 0 Å². The highest BCUT2D eigenvalue weighted by molar-refractivity contribution is 9.10. The molecule has 2 unspecified atom stereocenters. The number of hydrogen-bond donors (Lipinski definition) is 1. The molecule has 16 heavy (non-hydrogen) atoms. The van der Waals surface area contributed by atoms with Crippen LogP contribution in [0.5, 0.6) is 11.9 Å². The van der Waals surface area contributed by atoms with Crippen LogP contribution in [0.2, 0.25) is 0 Å². The molecule has 1 saturated carbocycles. The summed E-state index contributed by atoms with van der Waals surface area (Å²) in [4.78, 5) is 8.20. The summed E-state index contributed by atoms with van der Waals surface area (Å²) in [6, 6.07) is 0.403. The molecule has 1 aliphatic carbocycles. The molecule has 0 aliphatic heterocycles. The van der Waals surface area contributed by atoms with Gasteiger partial charge in [0.05, 0.1) is 17.8 Å². The zero-order chi connectivity index (χ0) is 11.5. The third-order valence-electron chi connectivity index (χ3n) is 2.64. The molecule has 2 rings (SSSR count). The number of rotatable bonds is 3. The quantitative estimate of drug-likeness (QED) is 0.912. The lowest BCUT2D eigenvalue weighted by Crippen LogP contribution is -2.34. The van der Waals surface area contributed by atoms with Crippen molar-refractivity contribution in [3.63, 3.8) is 0 Å². The van der Waals surface area contributed by atoms with Crippen LogP contribution in [-0.4, -0.2) is 29.2 Å². The lowest BCUT2D eigenvalue weighted by Gasteiger charge is -2.16. The van der Waals surface area contributed by atoms with Gasteiger partial charge < -0.3 is 15.2 Å². The van der Waals surface area contributed by atoms with Crippen LogP contribution in [0.25, 0.3) is 0 Å². The Morgan fingerprint density at radius 2 is 2.31 bits per heavy atom. The van der Waals surface area contributed by atoms with Gasteiger partial charge in [-0.05, 0) is 35.2 Å². The van der Waals surface area contributed by atoms with Gasteiger partial charge in [0, 0.05) is 6.04 Å². The monoisotopic (exact) mass is 287 g/mol. The van der Waals surface area contributed by atoms with Gasteiger partial charge in [0.1, 0.15) is 6.10 Å². The van der Waals surface area contributed by atoms with Crippen molar-refractivity contribution in [3.05, 3.63) is 10.7 Å². The van der Waals surface area contributed by atoms with Gasteiger partial charge in [-0.15, -0.1) is 0 Å². The Labute approximate surface area is 102 Å². The molecule has 0 spiro atoms. The van der Waals surface area contributed by atoms with Gasteiger partial charge >= 0.3 is 6.01 Å². The molecular formula is C10H14BrN3O2. The molecule has 5 nitrogen and oxygen atoms in total. The first-order valence-corrected chi connectivity index (χ1v) is 5.99. The third kappa shape index (κ3) is 2.44. The lowest BCUT2D eigenvalue weighted by molar-refractivity contribution is 0.173. The molecular weight excluding hydrogens is 274 g/mol. The van der Waals surface area contributed by atoms with Crippen LogP contribution in [0.4, 0.5) is 0 Å². The average molecular weight is 288 g/mol. The first kappa shape index (κ1) is 11.6. The van der Waals surface area contributed by atoms with Crippen LogP contribution >= 0.6 is 15.9 Å². The van der Waals surface area contributed by atoms with E-state index in [2.05, 4.69) is 25.9 Å². The van der Waals surface area contributed by atoms with Crippen molar-refractivity contribution in [2.45, 2.75) is 31.4 Å². The van der Waals surface area contributed by atoms with Gasteiger partial charge in [0.2, 0.25) is 5.88 Å². The van der Waals surface area contributed by atoms with Crippen molar-refractivity contribution in [2.75, 3.05) is 7.11 Å². The highest BCUT2D eigenvalue weighted by Gasteiger charge is 2.26. The molecule has 0 bridgehead atoms. The van der Waals surface area contributed by atoms with Crippen molar-refractivity contribution >= 4 is 15.9 Å². The van der Waals surface area contributed by atoms with E-state index in [1.165, 1.54) is 0 Å². The molecule has 1 aromatic rings. The van der Waals surface area contributed by atoms with Crippen molar-refractivity contribution in [3.8, 4) is 11.9 Å². The molecule has 1 heterocycles. The van der Waals surface area contributed by atoms with Crippen LogP contribution in [0, 0.1) is 0 Å². The Morgan fingerprint density at radius 3 is 2.94 bits per heavy atom. The van der Waals surface area contributed by atoms with E-state index in [4.69, 9.17) is 15.2 Å². The molecule has 2 N–H and O–H groups in total. The second-order valence-electron chi connectivity index (χ2n) is 3.76. The van der Waals surface area contributed by atoms with E-state index in [1.54, 1.807) is 13.3 Å². The van der Waals surface area contributed by atoms with Gasteiger partial charge in [-0.1, -0.05) is 0 Å². The predicted molar refractivity (Wildman–Crippen MR) is 62.5 cm³/mol. The molecule has 0 radical (unpaired) electrons. The van der Waals surface area contributed by atoms with Crippen LogP contribution in [-0.2, 0) is 0 Å². The summed E-state index contributed by atoms with van der Waals surface area (Å²) in [7, 11) is 1.55. The minimum absolute atomic E-state index is 0.0193. The topological polar surface area (TPSA) is 70.3 Å². The second kappa shape index (κ2) is 4.97. The fourth-order valence-corrected chi connectivity index (χ4v) is 2.13. The Bertz CT molecular complexity index is 375. The molecule has 0 saturated heterocycles. The van der Waals surface area contributed by atoms with Crippen LogP contribution in [0.1, 0.15) is 19.3 Å². The molecule has 0 amide bonds. The highest BCUT2D eigenvalue weighted by atomic mass is 79.9. The lowest BCUT2D eigenvalue weighted by atomic mass is 10.2. The molecule has 88 valence electrons. The smallest absolute Gasteiger partial charge is 0.320 e. The number of hydrogen-bond acceptors (Lipinski definition) is 5. The summed E-state index contributed by atoms with van der Waals surface area (Å²) in [5.74, 6) is 0.469. The van der Waals surface area contributed by atoms with Crippen molar-refractivity contribution in [1.82, 2.24) is 9.97 Å². The van der Waals surface area contributed by atoms with Gasteiger partial charge in [-0.2, -0.15) is 4.98 Å². The summed E-state index contributed by atoms with van der Waals surface area (Å²) < 4.78 is 11.4. The summed E-state index contributed by atoms with van der Waals surface area (Å²) in [6.45, 7) is 0. The minimum atomic E-state index is 0.0193. The minimum Gasteiger partial charge on any atom is -0.480 e. The van der Waals surface area contributed by atoms with E-state index in [1.807, 2.05) is 0 Å². The van der Waals surface area contributed by atoms with Gasteiger partial charge in [-0.25, -0.2) is 4.98 Å². The normalized spacial score (nSPS) is 24.4. The van der Waals surface area contributed by atoms with E-state index in [0.29, 0.717) is 16.4 Å². The molecule has 6 heteroatoms. The first-order chi connectivity index (χ1) is 7.70. The van der Waals surface area contributed by atoms with Crippen LogP contribution < -0.4 is 15.2 Å². The largest absolute Gasteiger partial charge is 0.480 e. The number of halogens is 1. The van der Waals surface area contributed by atoms with E-state index in [9.17, 15) is 0 Å². The zero-order valence-electron chi connectivity index (χ0n) is 9.02. The maximum absolute atomic E-state index is 5.91. The van der Waals surface area contributed by atoms with E-state index in [-0.39, 0.29) is 12.1 Å². The molecule has 1 aromatic heterocycles. The van der Waals surface area contributed by atoms with Crippen molar-refractivity contribution < 1.29 is 9.47 Å². The SMILES string of the molecule is COc1nc(OC2CCCC2N)ncc1Br. The van der Waals surface area contributed by atoms with Crippen LogP contribution in [0.15, 0.2) is 10.7 Å². The van der Waals surface area contributed by atoms with E-state index >= 15 is 0 Å². The zero-order valence-corrected chi connectivity index (χ0v) is 10.6. The molecule has 2 atom stereocenters.